The van der Waals surface area contributed by atoms with Crippen molar-refractivity contribution in [1.82, 2.24) is 15.1 Å². The predicted octanol–water partition coefficient (Wildman–Crippen LogP) is 1.49. The number of para-hydroxylation sites is 1. The summed E-state index contributed by atoms with van der Waals surface area (Å²) in [6, 6.07) is 6.38. The molecule has 0 aromatic heterocycles. The first-order valence-corrected chi connectivity index (χ1v) is 9.85. The van der Waals surface area contributed by atoms with Crippen molar-refractivity contribution in [2.24, 2.45) is 4.99 Å². The summed E-state index contributed by atoms with van der Waals surface area (Å²) in [4.78, 5) is 20.8. The lowest BCUT2D eigenvalue weighted by Gasteiger charge is -2.37. The molecule has 2 fully saturated rings. The van der Waals surface area contributed by atoms with Crippen molar-refractivity contribution in [2.45, 2.75) is 32.0 Å². The SMILES string of the molecule is CN=C(NCC(C)Oc1ccccc1F)N1CCN(C(=O)C2CCCO2)CC1. The lowest BCUT2D eigenvalue weighted by molar-refractivity contribution is -0.142. The van der Waals surface area contributed by atoms with Gasteiger partial charge in [0.25, 0.3) is 5.91 Å². The standard InChI is InChI=1S/C20H29FN4O3/c1-15(28-17-7-4-3-6-16(17)21)14-23-20(22-2)25-11-9-24(10-12-25)19(26)18-8-5-13-27-18/h3-4,6-7,15,18H,5,8-14H2,1-2H3,(H,22,23). The van der Waals surface area contributed by atoms with Crippen LogP contribution in [-0.2, 0) is 9.53 Å². The van der Waals surface area contributed by atoms with Crippen molar-refractivity contribution < 1.29 is 18.7 Å². The van der Waals surface area contributed by atoms with E-state index in [0.29, 0.717) is 39.3 Å². The van der Waals surface area contributed by atoms with Crippen molar-refractivity contribution in [2.75, 3.05) is 46.4 Å². The summed E-state index contributed by atoms with van der Waals surface area (Å²) in [7, 11) is 1.73. The van der Waals surface area contributed by atoms with Crippen LogP contribution in [0.25, 0.3) is 0 Å². The molecule has 1 amide bonds. The summed E-state index contributed by atoms with van der Waals surface area (Å²) < 4.78 is 24.9. The second-order valence-corrected chi connectivity index (χ2v) is 7.10. The summed E-state index contributed by atoms with van der Waals surface area (Å²) in [5.74, 6) is 0.735. The highest BCUT2D eigenvalue weighted by molar-refractivity contribution is 5.82. The number of amides is 1. The van der Waals surface area contributed by atoms with Gasteiger partial charge in [0, 0.05) is 39.8 Å². The molecular weight excluding hydrogens is 363 g/mol. The number of rotatable bonds is 5. The molecule has 0 saturated carbocycles. The average molecular weight is 392 g/mol. The van der Waals surface area contributed by atoms with Crippen LogP contribution in [0.15, 0.2) is 29.3 Å². The Kier molecular flexibility index (Phi) is 7.08. The van der Waals surface area contributed by atoms with E-state index in [1.165, 1.54) is 6.07 Å². The number of benzene rings is 1. The predicted molar refractivity (Wildman–Crippen MR) is 105 cm³/mol. The minimum Gasteiger partial charge on any atom is -0.486 e. The molecule has 2 atom stereocenters. The molecule has 2 aliphatic heterocycles. The fourth-order valence-corrected chi connectivity index (χ4v) is 3.48. The van der Waals surface area contributed by atoms with E-state index in [-0.39, 0.29) is 29.7 Å². The maximum absolute atomic E-state index is 13.7. The molecule has 1 N–H and O–H groups in total. The molecular formula is C20H29FN4O3. The Morgan fingerprint density at radius 2 is 2.04 bits per heavy atom. The molecule has 3 rings (SSSR count). The van der Waals surface area contributed by atoms with Crippen LogP contribution in [0.2, 0.25) is 0 Å². The highest BCUT2D eigenvalue weighted by Crippen LogP contribution is 2.17. The van der Waals surface area contributed by atoms with E-state index in [1.54, 1.807) is 25.2 Å². The fourth-order valence-electron chi connectivity index (χ4n) is 3.48. The molecule has 0 spiro atoms. The summed E-state index contributed by atoms with van der Waals surface area (Å²) in [5, 5.41) is 3.28. The number of hydrogen-bond donors (Lipinski definition) is 1. The van der Waals surface area contributed by atoms with E-state index in [9.17, 15) is 9.18 Å². The number of guanidine groups is 1. The molecule has 2 aliphatic rings. The van der Waals surface area contributed by atoms with Gasteiger partial charge in [0.05, 0.1) is 6.54 Å². The van der Waals surface area contributed by atoms with Gasteiger partial charge in [-0.1, -0.05) is 12.1 Å². The maximum Gasteiger partial charge on any atom is 0.251 e. The summed E-state index contributed by atoms with van der Waals surface area (Å²) in [6.07, 6.45) is 1.29. The van der Waals surface area contributed by atoms with E-state index in [0.717, 1.165) is 18.8 Å². The molecule has 1 aromatic rings. The molecule has 2 heterocycles. The topological polar surface area (TPSA) is 66.4 Å². The first-order valence-electron chi connectivity index (χ1n) is 9.85. The van der Waals surface area contributed by atoms with Crippen molar-refractivity contribution in [3.63, 3.8) is 0 Å². The van der Waals surface area contributed by atoms with Crippen LogP contribution >= 0.6 is 0 Å². The van der Waals surface area contributed by atoms with Gasteiger partial charge in [0.1, 0.15) is 12.2 Å². The largest absolute Gasteiger partial charge is 0.486 e. The smallest absolute Gasteiger partial charge is 0.251 e. The minimum absolute atomic E-state index is 0.104. The Labute approximate surface area is 165 Å². The van der Waals surface area contributed by atoms with Gasteiger partial charge in [-0.2, -0.15) is 0 Å². The number of ether oxygens (including phenoxy) is 2. The first-order chi connectivity index (χ1) is 13.6. The van der Waals surface area contributed by atoms with E-state index in [2.05, 4.69) is 15.2 Å². The van der Waals surface area contributed by atoms with Crippen molar-refractivity contribution in [1.29, 1.82) is 0 Å². The molecule has 2 unspecified atom stereocenters. The van der Waals surface area contributed by atoms with E-state index < -0.39 is 0 Å². The Hall–Kier alpha value is -2.35. The molecule has 2 saturated heterocycles. The molecule has 8 heteroatoms. The van der Waals surface area contributed by atoms with Gasteiger partial charge in [-0.25, -0.2) is 4.39 Å². The Bertz CT molecular complexity index is 686. The second-order valence-electron chi connectivity index (χ2n) is 7.10. The molecule has 154 valence electrons. The number of carbonyl (C=O) groups is 1. The lowest BCUT2D eigenvalue weighted by Crippen LogP contribution is -2.55. The maximum atomic E-state index is 13.7. The van der Waals surface area contributed by atoms with Crippen LogP contribution in [0.3, 0.4) is 0 Å². The molecule has 1 aromatic carbocycles. The molecule has 0 aliphatic carbocycles. The quantitative estimate of drug-likeness (QED) is 0.608. The number of halogens is 1. The number of nitrogens with zero attached hydrogens (tertiary/aromatic N) is 3. The highest BCUT2D eigenvalue weighted by Gasteiger charge is 2.30. The Balaban J connectivity index is 1.44. The average Bonchev–Trinajstić information content (AvgIpc) is 3.25. The summed E-state index contributed by atoms with van der Waals surface area (Å²) in [6.45, 7) is 5.78. The van der Waals surface area contributed by atoms with Gasteiger partial charge in [-0.3, -0.25) is 9.79 Å². The number of aliphatic imine (C=N–C) groups is 1. The molecule has 0 bridgehead atoms. The van der Waals surface area contributed by atoms with Gasteiger partial charge in [-0.05, 0) is 31.9 Å². The van der Waals surface area contributed by atoms with Gasteiger partial charge in [0.15, 0.2) is 17.5 Å². The van der Waals surface area contributed by atoms with Crippen LogP contribution in [-0.4, -0.2) is 80.3 Å². The Morgan fingerprint density at radius 3 is 2.68 bits per heavy atom. The third kappa shape index (κ3) is 5.13. The van der Waals surface area contributed by atoms with Gasteiger partial charge >= 0.3 is 0 Å². The van der Waals surface area contributed by atoms with Gasteiger partial charge in [0.2, 0.25) is 0 Å². The van der Waals surface area contributed by atoms with Crippen LogP contribution in [0, 0.1) is 5.82 Å². The van der Waals surface area contributed by atoms with Crippen LogP contribution in [0.5, 0.6) is 5.75 Å². The van der Waals surface area contributed by atoms with E-state index in [4.69, 9.17) is 9.47 Å². The number of piperazine rings is 1. The molecule has 28 heavy (non-hydrogen) atoms. The number of hydrogen-bond acceptors (Lipinski definition) is 4. The van der Waals surface area contributed by atoms with Gasteiger partial charge < -0.3 is 24.6 Å². The molecule has 7 nitrogen and oxygen atoms in total. The summed E-state index contributed by atoms with van der Waals surface area (Å²) in [5.41, 5.74) is 0. The Morgan fingerprint density at radius 1 is 1.32 bits per heavy atom. The van der Waals surface area contributed by atoms with Crippen LogP contribution < -0.4 is 10.1 Å². The highest BCUT2D eigenvalue weighted by atomic mass is 19.1. The van der Waals surface area contributed by atoms with Gasteiger partial charge in [-0.15, -0.1) is 0 Å². The van der Waals surface area contributed by atoms with Crippen LogP contribution in [0.4, 0.5) is 4.39 Å². The van der Waals surface area contributed by atoms with Crippen molar-refractivity contribution >= 4 is 11.9 Å². The zero-order chi connectivity index (χ0) is 19.9. The third-order valence-corrected chi connectivity index (χ3v) is 5.02. The summed E-state index contributed by atoms with van der Waals surface area (Å²) >= 11 is 0. The van der Waals surface area contributed by atoms with E-state index >= 15 is 0 Å². The van der Waals surface area contributed by atoms with E-state index in [1.807, 2.05) is 11.8 Å². The fraction of sp³-hybridized carbons (Fsp3) is 0.600. The van der Waals surface area contributed by atoms with Crippen LogP contribution in [0.1, 0.15) is 19.8 Å². The zero-order valence-electron chi connectivity index (χ0n) is 16.6. The monoisotopic (exact) mass is 392 g/mol. The normalized spacial score (nSPS) is 21.5. The lowest BCUT2D eigenvalue weighted by atomic mass is 10.2. The molecule has 0 radical (unpaired) electrons. The second kappa shape index (κ2) is 9.73. The zero-order valence-corrected chi connectivity index (χ0v) is 16.6. The minimum atomic E-state index is -0.370. The first kappa shape index (κ1) is 20.4. The van der Waals surface area contributed by atoms with Crippen molar-refractivity contribution in [3.05, 3.63) is 30.1 Å². The van der Waals surface area contributed by atoms with Crippen molar-refractivity contribution in [3.8, 4) is 5.75 Å². The number of nitrogens with one attached hydrogen (secondary N) is 1. The third-order valence-electron chi connectivity index (χ3n) is 5.02. The number of carbonyl (C=O) groups excluding carboxylic acids is 1.